The van der Waals surface area contributed by atoms with Gasteiger partial charge in [0.2, 0.25) is 0 Å². The maximum atomic E-state index is 11.6. The summed E-state index contributed by atoms with van der Waals surface area (Å²) < 4.78 is 1.77. The second-order valence-electron chi connectivity index (χ2n) is 4.62. The van der Waals surface area contributed by atoms with Gasteiger partial charge in [-0.2, -0.15) is 5.10 Å². The van der Waals surface area contributed by atoms with Gasteiger partial charge in [0, 0.05) is 0 Å². The predicted molar refractivity (Wildman–Crippen MR) is 57.9 cm³/mol. The first-order valence-electron chi connectivity index (χ1n) is 4.85. The summed E-state index contributed by atoms with van der Waals surface area (Å²) in [6, 6.07) is 0. The second-order valence-corrected chi connectivity index (χ2v) is 4.62. The fraction of sp³-hybridized carbons (Fsp3) is 0.500. The Kier molecular flexibility index (Phi) is 1.92. The van der Waals surface area contributed by atoms with Crippen molar-refractivity contribution in [2.24, 2.45) is 0 Å². The summed E-state index contributed by atoms with van der Waals surface area (Å²) in [5.41, 5.74) is 0.339. The molecule has 0 fully saturated rings. The Morgan fingerprint density at radius 2 is 2.07 bits per heavy atom. The summed E-state index contributed by atoms with van der Waals surface area (Å²) in [6.45, 7) is 7.84. The van der Waals surface area contributed by atoms with Crippen molar-refractivity contribution in [3.8, 4) is 0 Å². The van der Waals surface area contributed by atoms with Crippen molar-refractivity contribution in [2.45, 2.75) is 33.2 Å². The number of hydrogen-bond donors (Lipinski definition) is 1. The van der Waals surface area contributed by atoms with Crippen LogP contribution in [0.25, 0.3) is 11.0 Å². The van der Waals surface area contributed by atoms with Crippen LogP contribution in [-0.4, -0.2) is 19.7 Å². The van der Waals surface area contributed by atoms with Crippen LogP contribution >= 0.6 is 0 Å². The summed E-state index contributed by atoms with van der Waals surface area (Å²) in [5, 5.41) is 4.74. The fourth-order valence-electron chi connectivity index (χ4n) is 1.52. The molecule has 0 aromatic carbocycles. The van der Waals surface area contributed by atoms with E-state index in [-0.39, 0.29) is 11.1 Å². The lowest BCUT2D eigenvalue weighted by molar-refractivity contribution is 0.365. The summed E-state index contributed by atoms with van der Waals surface area (Å²) in [4.78, 5) is 18.6. The van der Waals surface area contributed by atoms with Gasteiger partial charge in [0.15, 0.2) is 5.65 Å². The van der Waals surface area contributed by atoms with Gasteiger partial charge in [0.05, 0.1) is 11.7 Å². The van der Waals surface area contributed by atoms with Crippen molar-refractivity contribution < 1.29 is 0 Å². The van der Waals surface area contributed by atoms with Crippen LogP contribution in [0.1, 0.15) is 26.6 Å². The van der Waals surface area contributed by atoms with Crippen LogP contribution in [0.15, 0.2) is 11.0 Å². The van der Waals surface area contributed by atoms with E-state index in [1.807, 2.05) is 20.8 Å². The van der Waals surface area contributed by atoms with Crippen LogP contribution in [0.4, 0.5) is 0 Å². The van der Waals surface area contributed by atoms with E-state index in [1.165, 1.54) is 0 Å². The van der Waals surface area contributed by atoms with Crippen molar-refractivity contribution in [3.05, 3.63) is 22.4 Å². The van der Waals surface area contributed by atoms with E-state index in [0.29, 0.717) is 16.9 Å². The second kappa shape index (κ2) is 2.92. The third-order valence-corrected chi connectivity index (χ3v) is 2.19. The Bertz CT molecular complexity index is 559. The number of aromatic amines is 1. The molecule has 15 heavy (non-hydrogen) atoms. The zero-order valence-corrected chi connectivity index (χ0v) is 9.33. The third-order valence-electron chi connectivity index (χ3n) is 2.19. The molecule has 2 heterocycles. The molecule has 2 aromatic rings. The number of aromatic nitrogens is 4. The monoisotopic (exact) mass is 206 g/mol. The first-order valence-corrected chi connectivity index (χ1v) is 4.85. The number of nitrogens with zero attached hydrogens (tertiary/aromatic N) is 3. The first kappa shape index (κ1) is 9.89. The molecule has 0 radical (unpaired) electrons. The van der Waals surface area contributed by atoms with E-state index < -0.39 is 0 Å². The van der Waals surface area contributed by atoms with Crippen molar-refractivity contribution >= 4 is 11.0 Å². The molecule has 2 rings (SSSR count). The molecule has 0 bridgehead atoms. The van der Waals surface area contributed by atoms with Crippen LogP contribution in [-0.2, 0) is 5.54 Å². The highest BCUT2D eigenvalue weighted by molar-refractivity contribution is 5.73. The smallest absolute Gasteiger partial charge is 0.262 e. The molecule has 0 amide bonds. The number of nitrogens with one attached hydrogen (secondary N) is 1. The fourth-order valence-corrected chi connectivity index (χ4v) is 1.52. The van der Waals surface area contributed by atoms with Crippen LogP contribution in [0.5, 0.6) is 0 Å². The van der Waals surface area contributed by atoms with Crippen LogP contribution in [0.3, 0.4) is 0 Å². The van der Waals surface area contributed by atoms with Gasteiger partial charge in [0.25, 0.3) is 5.56 Å². The zero-order chi connectivity index (χ0) is 11.2. The van der Waals surface area contributed by atoms with Gasteiger partial charge in [0.1, 0.15) is 11.2 Å². The van der Waals surface area contributed by atoms with Gasteiger partial charge in [-0.15, -0.1) is 0 Å². The first-order chi connectivity index (χ1) is 6.89. The summed E-state index contributed by atoms with van der Waals surface area (Å²) >= 11 is 0. The zero-order valence-electron chi connectivity index (χ0n) is 9.33. The number of rotatable bonds is 0. The molecule has 0 atom stereocenters. The van der Waals surface area contributed by atoms with Gasteiger partial charge in [-0.25, -0.2) is 9.67 Å². The molecule has 0 spiro atoms. The standard InChI is InChI=1S/C10H14N4O/c1-6-12-8-7(9(15)13-6)5-11-14(8)10(2,3)4/h5H,1-4H3,(H,12,13,15). The van der Waals surface area contributed by atoms with Crippen molar-refractivity contribution in [1.82, 2.24) is 19.7 Å². The Balaban J connectivity index is 2.86. The summed E-state index contributed by atoms with van der Waals surface area (Å²) in [7, 11) is 0. The lowest BCUT2D eigenvalue weighted by atomic mass is 10.1. The lowest BCUT2D eigenvalue weighted by Gasteiger charge is -2.19. The van der Waals surface area contributed by atoms with Crippen LogP contribution < -0.4 is 5.56 Å². The molecule has 0 saturated carbocycles. The topological polar surface area (TPSA) is 63.6 Å². The molecular formula is C10H14N4O. The van der Waals surface area contributed by atoms with Gasteiger partial charge in [-0.05, 0) is 27.7 Å². The normalized spacial score (nSPS) is 12.3. The van der Waals surface area contributed by atoms with E-state index >= 15 is 0 Å². The van der Waals surface area contributed by atoms with Gasteiger partial charge in [-0.3, -0.25) is 4.79 Å². The molecule has 0 aliphatic heterocycles. The average molecular weight is 206 g/mol. The molecule has 0 unspecified atom stereocenters. The minimum absolute atomic E-state index is 0.131. The minimum atomic E-state index is -0.172. The number of hydrogen-bond acceptors (Lipinski definition) is 3. The predicted octanol–water partition coefficient (Wildman–Crippen LogP) is 1.18. The van der Waals surface area contributed by atoms with Crippen LogP contribution in [0, 0.1) is 6.92 Å². The molecule has 5 nitrogen and oxygen atoms in total. The number of fused-ring (bicyclic) bond motifs is 1. The van der Waals surface area contributed by atoms with Gasteiger partial charge >= 0.3 is 0 Å². The molecule has 80 valence electrons. The van der Waals surface area contributed by atoms with E-state index in [2.05, 4.69) is 15.1 Å². The molecule has 0 aliphatic carbocycles. The van der Waals surface area contributed by atoms with E-state index in [1.54, 1.807) is 17.8 Å². The highest BCUT2D eigenvalue weighted by atomic mass is 16.1. The quantitative estimate of drug-likeness (QED) is 0.704. The summed E-state index contributed by atoms with van der Waals surface area (Å²) in [5.74, 6) is 0.610. The largest absolute Gasteiger partial charge is 0.310 e. The Hall–Kier alpha value is -1.65. The number of aryl methyl sites for hydroxylation is 1. The van der Waals surface area contributed by atoms with E-state index in [0.717, 1.165) is 0 Å². The lowest BCUT2D eigenvalue weighted by Crippen LogP contribution is -2.24. The Morgan fingerprint density at radius 3 is 2.67 bits per heavy atom. The van der Waals surface area contributed by atoms with Crippen LogP contribution in [0.2, 0.25) is 0 Å². The Morgan fingerprint density at radius 1 is 1.40 bits per heavy atom. The third kappa shape index (κ3) is 1.54. The molecule has 2 aromatic heterocycles. The van der Waals surface area contributed by atoms with Crippen molar-refractivity contribution in [3.63, 3.8) is 0 Å². The highest BCUT2D eigenvalue weighted by Gasteiger charge is 2.19. The molecule has 0 saturated heterocycles. The van der Waals surface area contributed by atoms with E-state index in [9.17, 15) is 4.79 Å². The van der Waals surface area contributed by atoms with Crippen molar-refractivity contribution in [2.75, 3.05) is 0 Å². The molecule has 0 aliphatic rings. The SMILES string of the molecule is Cc1nc2c(cnn2C(C)(C)C)c(=O)[nH]1. The Labute approximate surface area is 87.1 Å². The number of H-pyrrole nitrogens is 1. The minimum Gasteiger partial charge on any atom is -0.310 e. The molecule has 1 N–H and O–H groups in total. The average Bonchev–Trinajstić information content (AvgIpc) is 2.45. The van der Waals surface area contributed by atoms with Gasteiger partial charge in [-0.1, -0.05) is 0 Å². The molecule has 5 heteroatoms. The summed E-state index contributed by atoms with van der Waals surface area (Å²) in [6.07, 6.45) is 1.56. The van der Waals surface area contributed by atoms with Crippen molar-refractivity contribution in [1.29, 1.82) is 0 Å². The van der Waals surface area contributed by atoms with Gasteiger partial charge < -0.3 is 4.98 Å². The van der Waals surface area contributed by atoms with E-state index in [4.69, 9.17) is 0 Å². The maximum Gasteiger partial charge on any atom is 0.262 e. The maximum absolute atomic E-state index is 11.6. The highest BCUT2D eigenvalue weighted by Crippen LogP contribution is 2.17. The molecular weight excluding hydrogens is 192 g/mol.